The van der Waals surface area contributed by atoms with Crippen LogP contribution < -0.4 is 11.1 Å². The van der Waals surface area contributed by atoms with Crippen LogP contribution in [-0.4, -0.2) is 38.4 Å². The third-order valence-electron chi connectivity index (χ3n) is 1.76. The van der Waals surface area contributed by atoms with Crippen LogP contribution in [0.25, 0.3) is 0 Å². The Morgan fingerprint density at radius 1 is 1.25 bits per heavy atom. The lowest BCUT2D eigenvalue weighted by molar-refractivity contribution is -0.144. The quantitative estimate of drug-likeness (QED) is 0.445. The second-order valence-corrected chi connectivity index (χ2v) is 3.17. The fourth-order valence-corrected chi connectivity index (χ4v) is 1.00. The first kappa shape index (κ1) is 14.7. The fourth-order valence-electron chi connectivity index (χ4n) is 1.00. The van der Waals surface area contributed by atoms with Gasteiger partial charge in [0.25, 0.3) is 0 Å². The molecule has 0 saturated carbocycles. The molecule has 16 heavy (non-hydrogen) atoms. The van der Waals surface area contributed by atoms with E-state index >= 15 is 0 Å². The summed E-state index contributed by atoms with van der Waals surface area (Å²) in [6, 6.07) is -0.567. The molecule has 0 aromatic carbocycles. The van der Waals surface area contributed by atoms with E-state index in [1.807, 2.05) is 6.92 Å². The molecule has 0 spiro atoms. The van der Waals surface area contributed by atoms with Crippen molar-refractivity contribution in [2.75, 3.05) is 26.4 Å². The van der Waals surface area contributed by atoms with Gasteiger partial charge in [0.05, 0.1) is 6.61 Å². The van der Waals surface area contributed by atoms with E-state index in [1.165, 1.54) is 0 Å². The highest BCUT2D eigenvalue weighted by Crippen LogP contribution is 1.94. The lowest BCUT2D eigenvalue weighted by atomic mass is 10.3. The van der Waals surface area contributed by atoms with Crippen molar-refractivity contribution in [3.63, 3.8) is 0 Å². The van der Waals surface area contributed by atoms with Crippen LogP contribution in [0.15, 0.2) is 0 Å². The van der Waals surface area contributed by atoms with Crippen molar-refractivity contribution in [2.45, 2.75) is 26.2 Å². The van der Waals surface area contributed by atoms with Crippen molar-refractivity contribution >= 4 is 12.0 Å². The Kier molecular flexibility index (Phi) is 9.39. The largest absolute Gasteiger partial charge is 0.466 e. The molecule has 6 nitrogen and oxygen atoms in total. The number of esters is 1. The third kappa shape index (κ3) is 10.8. The maximum atomic E-state index is 11.1. The summed E-state index contributed by atoms with van der Waals surface area (Å²) < 4.78 is 10.0. The maximum absolute atomic E-state index is 11.1. The van der Waals surface area contributed by atoms with E-state index in [0.717, 1.165) is 0 Å². The van der Waals surface area contributed by atoms with Crippen LogP contribution in [0.4, 0.5) is 4.79 Å². The summed E-state index contributed by atoms with van der Waals surface area (Å²) in [5.74, 6) is -0.237. The first-order valence-corrected chi connectivity index (χ1v) is 5.43. The van der Waals surface area contributed by atoms with E-state index in [2.05, 4.69) is 5.32 Å². The molecule has 0 radical (unpaired) electrons. The number of hydrogen-bond donors (Lipinski definition) is 2. The number of rotatable bonds is 9. The molecule has 0 aliphatic carbocycles. The molecule has 0 saturated heterocycles. The Balaban J connectivity index is 3.20. The molecule has 0 unspecified atom stereocenters. The first-order chi connectivity index (χ1) is 7.66. The van der Waals surface area contributed by atoms with Gasteiger partial charge >= 0.3 is 12.0 Å². The Morgan fingerprint density at radius 2 is 2.00 bits per heavy atom. The number of hydrogen-bond acceptors (Lipinski definition) is 4. The summed E-state index contributed by atoms with van der Waals surface area (Å²) in [7, 11) is 0. The number of carbonyl (C=O) groups is 2. The van der Waals surface area contributed by atoms with Gasteiger partial charge in [-0.05, 0) is 19.8 Å². The van der Waals surface area contributed by atoms with Crippen molar-refractivity contribution in [3.05, 3.63) is 0 Å². The molecule has 0 aromatic rings. The van der Waals surface area contributed by atoms with Gasteiger partial charge in [0.15, 0.2) is 0 Å². The van der Waals surface area contributed by atoms with Crippen molar-refractivity contribution in [1.82, 2.24) is 5.32 Å². The van der Waals surface area contributed by atoms with E-state index in [9.17, 15) is 9.59 Å². The number of carbonyl (C=O) groups excluding carboxylic acids is 2. The van der Waals surface area contributed by atoms with Gasteiger partial charge in [0, 0.05) is 26.2 Å². The molecule has 0 aliphatic rings. The smallest absolute Gasteiger partial charge is 0.312 e. The molecule has 6 heteroatoms. The molecular weight excluding hydrogens is 212 g/mol. The molecule has 94 valence electrons. The van der Waals surface area contributed by atoms with Crippen LogP contribution in [0.1, 0.15) is 26.2 Å². The number of amides is 2. The number of primary amides is 1. The van der Waals surface area contributed by atoms with Crippen LogP contribution >= 0.6 is 0 Å². The highest BCUT2D eigenvalue weighted by molar-refractivity contribution is 5.71. The van der Waals surface area contributed by atoms with Gasteiger partial charge in [0.2, 0.25) is 0 Å². The number of ether oxygens (including phenoxy) is 2. The first-order valence-electron chi connectivity index (χ1n) is 5.43. The highest BCUT2D eigenvalue weighted by Gasteiger charge is 2.02. The molecule has 0 bridgehead atoms. The Hall–Kier alpha value is -1.30. The minimum atomic E-state index is -0.567. The number of nitrogens with two attached hydrogens (primary N) is 1. The predicted octanol–water partition coefficient (Wildman–Crippen LogP) is 0.405. The summed E-state index contributed by atoms with van der Waals surface area (Å²) in [4.78, 5) is 21.4. The number of nitrogens with one attached hydrogen (secondary N) is 1. The van der Waals surface area contributed by atoms with E-state index in [-0.39, 0.29) is 5.97 Å². The van der Waals surface area contributed by atoms with Crippen LogP contribution in [0.2, 0.25) is 0 Å². The molecular formula is C10H20N2O4. The maximum Gasteiger partial charge on any atom is 0.312 e. The monoisotopic (exact) mass is 232 g/mol. The van der Waals surface area contributed by atoms with Crippen LogP contribution in [0, 0.1) is 0 Å². The standard InChI is InChI=1S/C10H20N2O4/c1-2-15-7-3-5-9(13)16-8-4-6-12-10(11)14/h2-8H2,1H3,(H3,11,12,14). The zero-order valence-electron chi connectivity index (χ0n) is 9.66. The molecule has 0 aromatic heterocycles. The second-order valence-electron chi connectivity index (χ2n) is 3.17. The second kappa shape index (κ2) is 10.2. The van der Waals surface area contributed by atoms with Crippen molar-refractivity contribution in [3.8, 4) is 0 Å². The van der Waals surface area contributed by atoms with Crippen molar-refractivity contribution < 1.29 is 19.1 Å². The van der Waals surface area contributed by atoms with E-state index in [1.54, 1.807) is 0 Å². The SMILES string of the molecule is CCOCCCC(=O)OCCCNC(N)=O. The molecule has 0 fully saturated rings. The minimum Gasteiger partial charge on any atom is -0.466 e. The van der Waals surface area contributed by atoms with Gasteiger partial charge in [-0.25, -0.2) is 4.79 Å². The van der Waals surface area contributed by atoms with E-state index in [0.29, 0.717) is 45.6 Å². The van der Waals surface area contributed by atoms with Gasteiger partial charge in [-0.15, -0.1) is 0 Å². The molecule has 0 atom stereocenters. The average Bonchev–Trinajstić information content (AvgIpc) is 2.23. The third-order valence-corrected chi connectivity index (χ3v) is 1.76. The highest BCUT2D eigenvalue weighted by atomic mass is 16.5. The van der Waals surface area contributed by atoms with Gasteiger partial charge in [-0.1, -0.05) is 0 Å². The summed E-state index contributed by atoms with van der Waals surface area (Å²) in [6.07, 6.45) is 1.61. The molecule has 0 aliphatic heterocycles. The Labute approximate surface area is 95.5 Å². The summed E-state index contributed by atoms with van der Waals surface area (Å²) in [6.45, 7) is 3.86. The Bertz CT molecular complexity index is 209. The molecule has 3 N–H and O–H groups in total. The number of urea groups is 1. The van der Waals surface area contributed by atoms with Gasteiger partial charge in [0.1, 0.15) is 0 Å². The zero-order valence-corrected chi connectivity index (χ0v) is 9.66. The van der Waals surface area contributed by atoms with Crippen LogP contribution in [0.5, 0.6) is 0 Å². The van der Waals surface area contributed by atoms with Crippen molar-refractivity contribution in [2.24, 2.45) is 5.73 Å². The zero-order chi connectivity index (χ0) is 12.2. The van der Waals surface area contributed by atoms with E-state index in [4.69, 9.17) is 15.2 Å². The van der Waals surface area contributed by atoms with Gasteiger partial charge in [-0.3, -0.25) is 4.79 Å². The molecule has 0 rings (SSSR count). The van der Waals surface area contributed by atoms with Gasteiger partial charge in [-0.2, -0.15) is 0 Å². The van der Waals surface area contributed by atoms with Crippen LogP contribution in [-0.2, 0) is 14.3 Å². The van der Waals surface area contributed by atoms with Gasteiger partial charge < -0.3 is 20.5 Å². The normalized spacial score (nSPS) is 9.81. The fraction of sp³-hybridized carbons (Fsp3) is 0.800. The lowest BCUT2D eigenvalue weighted by Gasteiger charge is -2.05. The van der Waals surface area contributed by atoms with Crippen LogP contribution in [0.3, 0.4) is 0 Å². The van der Waals surface area contributed by atoms with Crippen molar-refractivity contribution in [1.29, 1.82) is 0 Å². The summed E-state index contributed by atoms with van der Waals surface area (Å²) in [5.41, 5.74) is 4.86. The van der Waals surface area contributed by atoms with E-state index < -0.39 is 6.03 Å². The molecule has 0 heterocycles. The summed E-state index contributed by atoms with van der Waals surface area (Å²) >= 11 is 0. The Morgan fingerprint density at radius 3 is 2.62 bits per heavy atom. The lowest BCUT2D eigenvalue weighted by Crippen LogP contribution is -2.30. The summed E-state index contributed by atoms with van der Waals surface area (Å²) in [5, 5.41) is 2.41. The predicted molar refractivity (Wildman–Crippen MR) is 58.9 cm³/mol. The average molecular weight is 232 g/mol. The molecule has 2 amide bonds. The minimum absolute atomic E-state index is 0.237. The topological polar surface area (TPSA) is 90.7 Å².